The van der Waals surface area contributed by atoms with E-state index in [2.05, 4.69) is 31.5 Å². The molecule has 5 rings (SSSR count). The summed E-state index contributed by atoms with van der Waals surface area (Å²) >= 11 is 9.03. The number of thiocarbonyl (C=S) groups is 1. The number of para-hydroxylation sites is 1. The molecule has 4 aromatic rings. The summed E-state index contributed by atoms with van der Waals surface area (Å²) in [5.74, 6) is -0.0519. The number of nitrogens with zero attached hydrogens (tertiary/aromatic N) is 2. The lowest BCUT2D eigenvalue weighted by molar-refractivity contribution is -0.116. The molecule has 2 N–H and O–H groups in total. The number of carbonyl (C=O) groups is 1. The predicted octanol–water partition coefficient (Wildman–Crippen LogP) is 6.38. The number of hydrogen-bond donors (Lipinski definition) is 2. The minimum atomic E-state index is -0.502. The van der Waals surface area contributed by atoms with E-state index in [1.165, 1.54) is 24.3 Å². The van der Waals surface area contributed by atoms with Crippen LogP contribution in [0.25, 0.3) is 11.3 Å². The topological polar surface area (TPSA) is 70.4 Å². The van der Waals surface area contributed by atoms with Crippen molar-refractivity contribution in [3.63, 3.8) is 0 Å². The van der Waals surface area contributed by atoms with Gasteiger partial charge in [0, 0.05) is 29.2 Å². The van der Waals surface area contributed by atoms with Crippen LogP contribution in [-0.2, 0) is 4.79 Å². The Balaban J connectivity index is 1.42. The molecule has 2 atom stereocenters. The van der Waals surface area contributed by atoms with Crippen LogP contribution < -0.4 is 10.6 Å². The maximum absolute atomic E-state index is 14.0. The van der Waals surface area contributed by atoms with Gasteiger partial charge in [0.1, 0.15) is 29.2 Å². The van der Waals surface area contributed by atoms with Gasteiger partial charge >= 0.3 is 0 Å². The van der Waals surface area contributed by atoms with Gasteiger partial charge in [0.15, 0.2) is 5.11 Å². The van der Waals surface area contributed by atoms with Gasteiger partial charge in [-0.2, -0.15) is 0 Å². The summed E-state index contributed by atoms with van der Waals surface area (Å²) in [5, 5.41) is 6.36. The Morgan fingerprint density at radius 2 is 1.92 bits per heavy atom. The fourth-order valence-corrected chi connectivity index (χ4v) is 5.18. The first-order valence-corrected chi connectivity index (χ1v) is 12.7. The molecular formula is C27H21BrF2N4O2S. The molecule has 0 unspecified atom stereocenters. The van der Waals surface area contributed by atoms with Crippen LogP contribution in [0.2, 0.25) is 0 Å². The quantitative estimate of drug-likeness (QED) is 0.246. The highest BCUT2D eigenvalue weighted by atomic mass is 79.9. The number of aromatic nitrogens is 1. The molecule has 0 aliphatic carbocycles. The van der Waals surface area contributed by atoms with Crippen molar-refractivity contribution in [2.24, 2.45) is 0 Å². The number of nitrogens with one attached hydrogen (secondary N) is 2. The maximum Gasteiger partial charge on any atom is 0.226 e. The van der Waals surface area contributed by atoms with Crippen molar-refractivity contribution in [1.82, 2.24) is 15.2 Å². The summed E-state index contributed by atoms with van der Waals surface area (Å²) in [5.41, 5.74) is 1.58. The maximum atomic E-state index is 14.0. The molecule has 1 aliphatic heterocycles. The number of benzene rings is 2. The molecule has 0 spiro atoms. The molecule has 2 aromatic heterocycles. The summed E-state index contributed by atoms with van der Waals surface area (Å²) in [6.45, 7) is 0.260. The van der Waals surface area contributed by atoms with Gasteiger partial charge in [0.25, 0.3) is 0 Å². The van der Waals surface area contributed by atoms with Gasteiger partial charge in [-0.15, -0.1) is 0 Å². The van der Waals surface area contributed by atoms with E-state index in [0.717, 1.165) is 5.69 Å². The van der Waals surface area contributed by atoms with E-state index in [1.54, 1.807) is 24.4 Å². The van der Waals surface area contributed by atoms with Crippen molar-refractivity contribution < 1.29 is 18.0 Å². The van der Waals surface area contributed by atoms with Crippen LogP contribution in [0.4, 0.5) is 14.5 Å². The third-order valence-electron chi connectivity index (χ3n) is 6.04. The van der Waals surface area contributed by atoms with Crippen LogP contribution in [0.5, 0.6) is 0 Å². The summed E-state index contributed by atoms with van der Waals surface area (Å²) < 4.78 is 34.4. The van der Waals surface area contributed by atoms with Crippen molar-refractivity contribution in [2.75, 3.05) is 11.9 Å². The molecule has 1 amide bonds. The van der Waals surface area contributed by atoms with Crippen molar-refractivity contribution in [3.05, 3.63) is 107 Å². The Kier molecular flexibility index (Phi) is 7.29. The minimum Gasteiger partial charge on any atom is -0.459 e. The third-order valence-corrected chi connectivity index (χ3v) is 7.05. The first-order chi connectivity index (χ1) is 17.9. The van der Waals surface area contributed by atoms with E-state index < -0.39 is 11.9 Å². The highest BCUT2D eigenvalue weighted by Gasteiger charge is 2.41. The van der Waals surface area contributed by atoms with Crippen LogP contribution in [0, 0.1) is 11.6 Å². The molecule has 10 heteroatoms. The average molecular weight is 583 g/mol. The first kappa shape index (κ1) is 25.0. The number of rotatable bonds is 7. The molecule has 0 radical (unpaired) electrons. The Hall–Kier alpha value is -3.63. The molecule has 188 valence electrons. The number of amides is 1. The number of pyridine rings is 1. The summed E-state index contributed by atoms with van der Waals surface area (Å²) in [4.78, 5) is 19.0. The van der Waals surface area contributed by atoms with Crippen LogP contribution >= 0.6 is 28.1 Å². The van der Waals surface area contributed by atoms with E-state index in [-0.39, 0.29) is 36.4 Å². The number of hydrogen-bond acceptors (Lipinski definition) is 4. The number of furan rings is 1. The van der Waals surface area contributed by atoms with E-state index in [1.807, 2.05) is 35.2 Å². The molecule has 1 aliphatic rings. The smallest absolute Gasteiger partial charge is 0.226 e. The summed E-state index contributed by atoms with van der Waals surface area (Å²) in [7, 11) is 0. The predicted molar refractivity (Wildman–Crippen MR) is 144 cm³/mol. The number of carbonyl (C=O) groups excluding carboxylic acids is 1. The molecular weight excluding hydrogens is 562 g/mol. The van der Waals surface area contributed by atoms with Gasteiger partial charge in [-0.3, -0.25) is 9.78 Å². The second kappa shape index (κ2) is 10.8. The molecule has 3 heterocycles. The fourth-order valence-electron chi connectivity index (χ4n) is 4.30. The molecule has 1 fully saturated rings. The van der Waals surface area contributed by atoms with Crippen LogP contribution in [-0.4, -0.2) is 27.4 Å². The SMILES string of the molecule is O=C(CCN1C(=S)N[C@H](c2ccccn2)[C@@H]1c1ccc(-c2ccc(F)cc2Br)o1)Nc1ccccc1F. The highest BCUT2D eigenvalue weighted by Crippen LogP contribution is 2.41. The molecule has 0 bridgehead atoms. The normalized spacial score (nSPS) is 17.1. The standard InChI is InChI=1S/C27H21BrF2N4O2S/c28-18-15-16(29)8-9-17(18)22-10-11-23(36-22)26-25(21-7-3-4-13-31-21)33-27(37)34(26)14-12-24(35)32-20-6-2-1-5-19(20)30/h1-11,13,15,25-26H,12,14H2,(H,32,35)(H,33,37)/t25-,26+/m1/s1. The zero-order valence-electron chi connectivity index (χ0n) is 19.3. The van der Waals surface area contributed by atoms with Gasteiger partial charge in [-0.1, -0.05) is 18.2 Å². The lowest BCUT2D eigenvalue weighted by Gasteiger charge is -2.25. The van der Waals surface area contributed by atoms with E-state index >= 15 is 0 Å². The van der Waals surface area contributed by atoms with E-state index in [4.69, 9.17) is 16.6 Å². The van der Waals surface area contributed by atoms with Crippen molar-refractivity contribution in [1.29, 1.82) is 0 Å². The van der Waals surface area contributed by atoms with Gasteiger partial charge in [-0.05, 0) is 82.7 Å². The third kappa shape index (κ3) is 5.40. The van der Waals surface area contributed by atoms with Crippen LogP contribution in [0.15, 0.2) is 87.9 Å². The van der Waals surface area contributed by atoms with E-state index in [0.29, 0.717) is 26.7 Å². The lowest BCUT2D eigenvalue weighted by Crippen LogP contribution is -2.32. The lowest BCUT2D eigenvalue weighted by atomic mass is 10.0. The Bertz CT molecular complexity index is 1450. The van der Waals surface area contributed by atoms with E-state index in [9.17, 15) is 13.6 Å². The highest BCUT2D eigenvalue weighted by molar-refractivity contribution is 9.10. The fraction of sp³-hybridized carbons (Fsp3) is 0.148. The zero-order valence-corrected chi connectivity index (χ0v) is 21.7. The Morgan fingerprint density at radius 3 is 2.68 bits per heavy atom. The minimum absolute atomic E-state index is 0.0681. The second-order valence-corrected chi connectivity index (χ2v) is 9.67. The zero-order chi connectivity index (χ0) is 25.9. The van der Waals surface area contributed by atoms with Crippen molar-refractivity contribution in [2.45, 2.75) is 18.5 Å². The Labute approximate surface area is 225 Å². The van der Waals surface area contributed by atoms with Crippen molar-refractivity contribution >= 4 is 44.9 Å². The summed E-state index contributed by atoms with van der Waals surface area (Å²) in [6.07, 6.45) is 1.77. The van der Waals surface area contributed by atoms with Crippen LogP contribution in [0.3, 0.4) is 0 Å². The number of halogens is 3. The average Bonchev–Trinajstić information content (AvgIpc) is 3.49. The molecule has 2 aromatic carbocycles. The van der Waals surface area contributed by atoms with Crippen molar-refractivity contribution in [3.8, 4) is 11.3 Å². The number of anilines is 1. The molecule has 37 heavy (non-hydrogen) atoms. The van der Waals surface area contributed by atoms with Gasteiger partial charge in [0.05, 0.1) is 17.4 Å². The van der Waals surface area contributed by atoms with Gasteiger partial charge < -0.3 is 20.0 Å². The van der Waals surface area contributed by atoms with Crippen LogP contribution in [0.1, 0.15) is 30.0 Å². The molecule has 1 saturated heterocycles. The summed E-state index contributed by atoms with van der Waals surface area (Å²) in [6, 6.07) is 18.9. The Morgan fingerprint density at radius 1 is 1.11 bits per heavy atom. The first-order valence-electron chi connectivity index (χ1n) is 11.5. The largest absolute Gasteiger partial charge is 0.459 e. The monoisotopic (exact) mass is 582 g/mol. The molecule has 6 nitrogen and oxygen atoms in total. The van der Waals surface area contributed by atoms with Gasteiger partial charge in [-0.25, -0.2) is 8.78 Å². The molecule has 0 saturated carbocycles. The second-order valence-electron chi connectivity index (χ2n) is 8.42. The van der Waals surface area contributed by atoms with Gasteiger partial charge in [0.2, 0.25) is 5.91 Å².